The summed E-state index contributed by atoms with van der Waals surface area (Å²) in [6.07, 6.45) is 3.62. The minimum absolute atomic E-state index is 0.0976. The molecule has 3 aromatic carbocycles. The molecule has 184 valence electrons. The SMILES string of the molecule is NC(=O)[C@@H](C/C=C/c1ccccc1)NC(=O)[C@@H]1Cc2ccccc2CN1C(=O)OCc1ccccc1. The average molecular weight is 484 g/mol. The summed E-state index contributed by atoms with van der Waals surface area (Å²) < 4.78 is 5.53. The number of ether oxygens (including phenoxy) is 1. The molecule has 0 radical (unpaired) electrons. The van der Waals surface area contributed by atoms with Crippen molar-refractivity contribution in [2.45, 2.75) is 38.1 Å². The highest BCUT2D eigenvalue weighted by Crippen LogP contribution is 2.25. The highest BCUT2D eigenvalue weighted by molar-refractivity contribution is 5.91. The Morgan fingerprint density at radius 2 is 1.58 bits per heavy atom. The van der Waals surface area contributed by atoms with Gasteiger partial charge in [0.2, 0.25) is 11.8 Å². The van der Waals surface area contributed by atoms with Crippen molar-refractivity contribution in [3.63, 3.8) is 0 Å². The molecule has 0 saturated carbocycles. The second-order valence-electron chi connectivity index (χ2n) is 8.67. The number of nitrogens with zero attached hydrogens (tertiary/aromatic N) is 1. The summed E-state index contributed by atoms with van der Waals surface area (Å²) >= 11 is 0. The first kappa shape index (κ1) is 24.7. The molecule has 0 spiro atoms. The molecule has 3 N–H and O–H groups in total. The van der Waals surface area contributed by atoms with Crippen molar-refractivity contribution in [1.29, 1.82) is 0 Å². The van der Waals surface area contributed by atoms with E-state index in [1.54, 1.807) is 6.08 Å². The van der Waals surface area contributed by atoms with Crippen molar-refractivity contribution in [1.82, 2.24) is 10.2 Å². The Morgan fingerprint density at radius 1 is 0.944 bits per heavy atom. The predicted octanol–water partition coefficient (Wildman–Crippen LogP) is 3.82. The van der Waals surface area contributed by atoms with Crippen LogP contribution in [0.4, 0.5) is 4.79 Å². The van der Waals surface area contributed by atoms with Crippen LogP contribution in [0, 0.1) is 0 Å². The van der Waals surface area contributed by atoms with Gasteiger partial charge >= 0.3 is 6.09 Å². The van der Waals surface area contributed by atoms with Gasteiger partial charge in [-0.3, -0.25) is 14.5 Å². The van der Waals surface area contributed by atoms with Gasteiger partial charge in [-0.15, -0.1) is 0 Å². The number of primary amides is 1. The first-order valence-corrected chi connectivity index (χ1v) is 11.9. The number of amides is 3. The predicted molar refractivity (Wildman–Crippen MR) is 137 cm³/mol. The summed E-state index contributed by atoms with van der Waals surface area (Å²) in [5.41, 5.74) is 9.34. The Morgan fingerprint density at radius 3 is 2.28 bits per heavy atom. The molecular formula is C29H29N3O4. The zero-order valence-corrected chi connectivity index (χ0v) is 19.9. The van der Waals surface area contributed by atoms with Gasteiger partial charge in [0.15, 0.2) is 0 Å². The summed E-state index contributed by atoms with van der Waals surface area (Å²) in [5.74, 6) is -1.09. The molecule has 36 heavy (non-hydrogen) atoms. The van der Waals surface area contributed by atoms with Crippen molar-refractivity contribution < 1.29 is 19.1 Å². The van der Waals surface area contributed by atoms with Crippen LogP contribution in [0.5, 0.6) is 0 Å². The van der Waals surface area contributed by atoms with Gasteiger partial charge in [-0.2, -0.15) is 0 Å². The van der Waals surface area contributed by atoms with Crippen LogP contribution in [0.3, 0.4) is 0 Å². The van der Waals surface area contributed by atoms with Crippen molar-refractivity contribution in [3.05, 3.63) is 113 Å². The van der Waals surface area contributed by atoms with E-state index in [4.69, 9.17) is 10.5 Å². The first-order chi connectivity index (χ1) is 17.5. The van der Waals surface area contributed by atoms with Crippen LogP contribution in [0.2, 0.25) is 0 Å². The van der Waals surface area contributed by atoms with E-state index in [1.165, 1.54) is 4.90 Å². The lowest BCUT2D eigenvalue weighted by atomic mass is 9.93. The minimum Gasteiger partial charge on any atom is -0.445 e. The molecule has 0 saturated heterocycles. The van der Waals surface area contributed by atoms with E-state index in [1.807, 2.05) is 91.0 Å². The molecule has 0 aliphatic carbocycles. The van der Waals surface area contributed by atoms with E-state index in [9.17, 15) is 14.4 Å². The van der Waals surface area contributed by atoms with Crippen molar-refractivity contribution in [2.24, 2.45) is 5.73 Å². The molecule has 1 heterocycles. The third kappa shape index (κ3) is 6.39. The van der Waals surface area contributed by atoms with Crippen LogP contribution < -0.4 is 11.1 Å². The van der Waals surface area contributed by atoms with Crippen LogP contribution in [0.25, 0.3) is 6.08 Å². The van der Waals surface area contributed by atoms with E-state index in [2.05, 4.69) is 5.32 Å². The summed E-state index contributed by atoms with van der Waals surface area (Å²) in [7, 11) is 0. The maximum absolute atomic E-state index is 13.4. The van der Waals surface area contributed by atoms with Gasteiger partial charge in [0.25, 0.3) is 0 Å². The number of hydrogen-bond acceptors (Lipinski definition) is 4. The summed E-state index contributed by atoms with van der Waals surface area (Å²) in [5, 5.41) is 2.75. The molecule has 0 aromatic heterocycles. The van der Waals surface area contributed by atoms with Gasteiger partial charge in [-0.05, 0) is 28.7 Å². The number of carbonyl (C=O) groups excluding carboxylic acids is 3. The highest BCUT2D eigenvalue weighted by atomic mass is 16.6. The summed E-state index contributed by atoms with van der Waals surface area (Å²) in [4.78, 5) is 39.9. The monoisotopic (exact) mass is 483 g/mol. The quantitative estimate of drug-likeness (QED) is 0.508. The smallest absolute Gasteiger partial charge is 0.411 e. The second-order valence-corrected chi connectivity index (χ2v) is 8.67. The number of nitrogens with one attached hydrogen (secondary N) is 1. The summed E-state index contributed by atoms with van der Waals surface area (Å²) in [6.45, 7) is 0.331. The maximum Gasteiger partial charge on any atom is 0.411 e. The molecule has 1 aliphatic heterocycles. The largest absolute Gasteiger partial charge is 0.445 e. The normalized spacial score (nSPS) is 15.7. The lowest BCUT2D eigenvalue weighted by Gasteiger charge is -2.35. The fourth-order valence-corrected chi connectivity index (χ4v) is 4.17. The lowest BCUT2D eigenvalue weighted by Crippen LogP contribution is -2.56. The minimum atomic E-state index is -0.906. The molecule has 0 fully saturated rings. The fourth-order valence-electron chi connectivity index (χ4n) is 4.17. The number of benzene rings is 3. The second kappa shape index (κ2) is 11.8. The van der Waals surface area contributed by atoms with E-state index >= 15 is 0 Å². The average Bonchev–Trinajstić information content (AvgIpc) is 2.91. The van der Waals surface area contributed by atoms with Gasteiger partial charge in [0.05, 0.1) is 6.54 Å². The molecular weight excluding hydrogens is 454 g/mol. The van der Waals surface area contributed by atoms with Gasteiger partial charge in [0.1, 0.15) is 18.7 Å². The van der Waals surface area contributed by atoms with Gasteiger partial charge in [-0.1, -0.05) is 97.1 Å². The number of hydrogen-bond donors (Lipinski definition) is 2. The Labute approximate surface area is 210 Å². The number of rotatable bonds is 8. The molecule has 0 bridgehead atoms. The van der Waals surface area contributed by atoms with Gasteiger partial charge in [0, 0.05) is 6.42 Å². The first-order valence-electron chi connectivity index (χ1n) is 11.9. The molecule has 3 amide bonds. The zero-order chi connectivity index (χ0) is 25.3. The zero-order valence-electron chi connectivity index (χ0n) is 19.9. The van der Waals surface area contributed by atoms with Crippen LogP contribution in [-0.4, -0.2) is 34.9 Å². The maximum atomic E-state index is 13.4. The molecule has 4 rings (SSSR count). The number of fused-ring (bicyclic) bond motifs is 1. The Kier molecular flexibility index (Phi) is 8.13. The van der Waals surface area contributed by atoms with E-state index in [0.29, 0.717) is 6.42 Å². The van der Waals surface area contributed by atoms with Crippen molar-refractivity contribution in [2.75, 3.05) is 0 Å². The molecule has 7 nitrogen and oxygen atoms in total. The van der Waals surface area contributed by atoms with Crippen LogP contribution in [-0.2, 0) is 33.9 Å². The molecule has 1 aliphatic rings. The Bertz CT molecular complexity index is 1230. The van der Waals surface area contributed by atoms with Crippen LogP contribution >= 0.6 is 0 Å². The topological polar surface area (TPSA) is 102 Å². The Balaban J connectivity index is 1.47. The van der Waals surface area contributed by atoms with E-state index in [0.717, 1.165) is 22.3 Å². The Hall–Kier alpha value is -4.39. The highest BCUT2D eigenvalue weighted by Gasteiger charge is 2.36. The van der Waals surface area contributed by atoms with E-state index < -0.39 is 30.0 Å². The standard InChI is InChI=1S/C29H29N3O4/c30-27(33)25(17-9-14-21-10-3-1-4-11-21)31-28(34)26-18-23-15-7-8-16-24(23)19-32(26)29(35)36-20-22-12-5-2-6-13-22/h1-16,25-26H,17-20H2,(H2,30,33)(H,31,34)/b14-9+/t25-,26+/m1/s1. The third-order valence-electron chi connectivity index (χ3n) is 6.13. The van der Waals surface area contributed by atoms with Crippen molar-refractivity contribution >= 4 is 24.0 Å². The third-order valence-corrected chi connectivity index (χ3v) is 6.13. The van der Waals surface area contributed by atoms with Gasteiger partial charge in [-0.25, -0.2) is 4.79 Å². The van der Waals surface area contributed by atoms with Crippen LogP contribution in [0.15, 0.2) is 91.0 Å². The lowest BCUT2D eigenvalue weighted by molar-refractivity contribution is -0.131. The summed E-state index contributed by atoms with van der Waals surface area (Å²) in [6, 6.07) is 24.9. The molecule has 0 unspecified atom stereocenters. The van der Waals surface area contributed by atoms with Gasteiger partial charge < -0.3 is 15.8 Å². The number of nitrogens with two attached hydrogens (primary N) is 1. The molecule has 2 atom stereocenters. The van der Waals surface area contributed by atoms with Crippen molar-refractivity contribution in [3.8, 4) is 0 Å². The van der Waals surface area contributed by atoms with E-state index in [-0.39, 0.29) is 19.6 Å². The van der Waals surface area contributed by atoms with Crippen LogP contribution in [0.1, 0.15) is 28.7 Å². The molecule has 3 aromatic rings. The molecule has 7 heteroatoms. The number of carbonyl (C=O) groups is 3. The fraction of sp³-hybridized carbons (Fsp3) is 0.207.